The van der Waals surface area contributed by atoms with Crippen LogP contribution in [0, 0.1) is 0 Å². The van der Waals surface area contributed by atoms with E-state index >= 15 is 0 Å². The van der Waals surface area contributed by atoms with E-state index in [4.69, 9.17) is 5.21 Å². The van der Waals surface area contributed by atoms with Crippen molar-refractivity contribution in [2.45, 2.75) is 0 Å². The Labute approximate surface area is 99.7 Å². The molecule has 2 aromatic rings. The lowest BCUT2D eigenvalue weighted by Crippen LogP contribution is -2.21. The van der Waals surface area contributed by atoms with Gasteiger partial charge in [-0.2, -0.15) is 0 Å². The van der Waals surface area contributed by atoms with Crippen LogP contribution in [0.3, 0.4) is 0 Å². The van der Waals surface area contributed by atoms with Gasteiger partial charge in [-0.25, -0.2) is 0 Å². The minimum absolute atomic E-state index is 0.520. The lowest BCUT2D eigenvalue weighted by Gasteiger charge is -2.18. The number of benzene rings is 2. The Balaban J connectivity index is 2.30. The summed E-state index contributed by atoms with van der Waals surface area (Å²) in [5, 5.41) is 14.3. The Hall–Kier alpha value is -1.61. The van der Waals surface area contributed by atoms with Crippen LogP contribution in [0.25, 0.3) is 0 Å². The van der Waals surface area contributed by atoms with Gasteiger partial charge < -0.3 is 10.3 Å². The molecule has 1 atom stereocenters. The Morgan fingerprint density at radius 3 is 1.94 bits per heavy atom. The number of nitrogens with one attached hydrogen (secondary N) is 2. The summed E-state index contributed by atoms with van der Waals surface area (Å²) in [7, 11) is -3.22. The van der Waals surface area contributed by atoms with Crippen LogP contribution in [-0.4, -0.2) is 5.21 Å². The fourth-order valence-electron chi connectivity index (χ4n) is 1.48. The molecular weight excluding hydrogens is 235 g/mol. The molecule has 4 nitrogen and oxygen atoms in total. The van der Waals surface area contributed by atoms with Crippen LogP contribution in [0.2, 0.25) is 0 Å². The van der Waals surface area contributed by atoms with Gasteiger partial charge in [-0.1, -0.05) is 36.4 Å². The molecule has 0 aliphatic heterocycles. The van der Waals surface area contributed by atoms with Crippen LogP contribution in [0.1, 0.15) is 0 Å². The standard InChI is InChI=1S/C12H13N2O2P/c15-14-17(16,12-9-5-2-6-10-12)13-11-7-3-1-4-8-11/h1-10,15H,(H2,13,14,16). The van der Waals surface area contributed by atoms with Crippen molar-refractivity contribution in [2.24, 2.45) is 0 Å². The normalized spacial score (nSPS) is 13.9. The van der Waals surface area contributed by atoms with Crippen molar-refractivity contribution in [2.75, 3.05) is 5.09 Å². The van der Waals surface area contributed by atoms with Gasteiger partial charge in [-0.3, -0.25) is 4.57 Å². The third-order valence-corrected chi connectivity index (χ3v) is 4.20. The molecule has 0 aliphatic rings. The van der Waals surface area contributed by atoms with E-state index in [9.17, 15) is 4.57 Å². The fraction of sp³-hybridized carbons (Fsp3) is 0. The maximum absolute atomic E-state index is 12.5. The van der Waals surface area contributed by atoms with Crippen LogP contribution in [0.4, 0.5) is 5.69 Å². The van der Waals surface area contributed by atoms with Crippen LogP contribution >= 0.6 is 7.44 Å². The molecule has 0 amide bonds. The molecule has 88 valence electrons. The van der Waals surface area contributed by atoms with E-state index in [-0.39, 0.29) is 0 Å². The lowest BCUT2D eigenvalue weighted by molar-refractivity contribution is 0.243. The summed E-state index contributed by atoms with van der Waals surface area (Å²) in [5.74, 6) is 0. The molecule has 1 unspecified atom stereocenters. The second-order valence-electron chi connectivity index (χ2n) is 3.52. The maximum atomic E-state index is 12.5. The predicted molar refractivity (Wildman–Crippen MR) is 68.7 cm³/mol. The van der Waals surface area contributed by atoms with Crippen molar-refractivity contribution >= 4 is 18.4 Å². The Morgan fingerprint density at radius 1 is 0.882 bits per heavy atom. The summed E-state index contributed by atoms with van der Waals surface area (Å²) in [6.07, 6.45) is 0. The van der Waals surface area contributed by atoms with Gasteiger partial charge in [-0.15, -0.1) is 5.25 Å². The average Bonchev–Trinajstić information content (AvgIpc) is 2.41. The summed E-state index contributed by atoms with van der Waals surface area (Å²) < 4.78 is 12.5. The first-order chi connectivity index (χ1) is 8.24. The highest BCUT2D eigenvalue weighted by atomic mass is 31.2. The molecule has 0 aromatic heterocycles. The van der Waals surface area contributed by atoms with Gasteiger partial charge in [0.05, 0.1) is 0 Å². The van der Waals surface area contributed by atoms with Crippen LogP contribution in [0.15, 0.2) is 60.7 Å². The van der Waals surface area contributed by atoms with Gasteiger partial charge in [-0.05, 0) is 24.3 Å². The SMILES string of the molecule is O=P(NO)(Nc1ccccc1)c1ccccc1. The Kier molecular flexibility index (Phi) is 3.59. The molecule has 0 radical (unpaired) electrons. The molecular formula is C12H13N2O2P. The van der Waals surface area contributed by atoms with E-state index < -0.39 is 7.44 Å². The molecule has 0 spiro atoms. The summed E-state index contributed by atoms with van der Waals surface area (Å²) >= 11 is 0. The van der Waals surface area contributed by atoms with E-state index in [0.717, 1.165) is 0 Å². The van der Waals surface area contributed by atoms with Crippen molar-refractivity contribution in [3.8, 4) is 0 Å². The molecule has 0 heterocycles. The van der Waals surface area contributed by atoms with Gasteiger partial charge in [0, 0.05) is 11.0 Å². The highest BCUT2D eigenvalue weighted by Crippen LogP contribution is 2.38. The minimum Gasteiger partial charge on any atom is -0.320 e. The molecule has 2 aromatic carbocycles. The topological polar surface area (TPSA) is 61.4 Å². The monoisotopic (exact) mass is 248 g/mol. The van der Waals surface area contributed by atoms with Crippen molar-refractivity contribution in [1.29, 1.82) is 0 Å². The Morgan fingerprint density at radius 2 is 1.41 bits per heavy atom. The zero-order valence-electron chi connectivity index (χ0n) is 9.08. The Bertz CT molecular complexity index is 517. The van der Waals surface area contributed by atoms with Crippen molar-refractivity contribution in [3.05, 3.63) is 60.7 Å². The largest absolute Gasteiger partial charge is 0.320 e. The summed E-state index contributed by atoms with van der Waals surface area (Å²) in [6.45, 7) is 0. The van der Waals surface area contributed by atoms with Gasteiger partial charge in [0.15, 0.2) is 0 Å². The minimum atomic E-state index is -3.22. The summed E-state index contributed by atoms with van der Waals surface area (Å²) in [5.41, 5.74) is 0.682. The highest BCUT2D eigenvalue weighted by Gasteiger charge is 2.23. The van der Waals surface area contributed by atoms with Crippen LogP contribution < -0.4 is 15.6 Å². The molecule has 0 aliphatic carbocycles. The summed E-state index contributed by atoms with van der Waals surface area (Å²) in [4.78, 5) is 0. The predicted octanol–water partition coefficient (Wildman–Crippen LogP) is 2.60. The first-order valence-electron chi connectivity index (χ1n) is 5.15. The number of hydrogen-bond acceptors (Lipinski definition) is 2. The molecule has 5 heteroatoms. The fourth-order valence-corrected chi connectivity index (χ4v) is 2.88. The molecule has 0 bridgehead atoms. The first kappa shape index (κ1) is 11.9. The lowest BCUT2D eigenvalue weighted by atomic mass is 10.3. The van der Waals surface area contributed by atoms with E-state index in [1.54, 1.807) is 36.4 Å². The van der Waals surface area contributed by atoms with E-state index in [0.29, 0.717) is 11.0 Å². The van der Waals surface area contributed by atoms with Crippen LogP contribution in [0.5, 0.6) is 0 Å². The number of hydrogen-bond donors (Lipinski definition) is 3. The van der Waals surface area contributed by atoms with Gasteiger partial charge in [0.2, 0.25) is 0 Å². The first-order valence-corrected chi connectivity index (χ1v) is 6.86. The zero-order chi connectivity index (χ0) is 12.1. The van der Waals surface area contributed by atoms with Crippen molar-refractivity contribution in [1.82, 2.24) is 5.25 Å². The highest BCUT2D eigenvalue weighted by molar-refractivity contribution is 7.70. The van der Waals surface area contributed by atoms with Gasteiger partial charge >= 0.3 is 0 Å². The number of anilines is 1. The summed E-state index contributed by atoms with van der Waals surface area (Å²) in [6, 6.07) is 17.8. The van der Waals surface area contributed by atoms with E-state index in [1.165, 1.54) is 0 Å². The molecule has 2 rings (SSSR count). The van der Waals surface area contributed by atoms with Gasteiger partial charge in [0.25, 0.3) is 7.44 Å². The molecule has 0 fully saturated rings. The van der Waals surface area contributed by atoms with E-state index in [2.05, 4.69) is 5.09 Å². The van der Waals surface area contributed by atoms with Crippen LogP contribution in [-0.2, 0) is 4.57 Å². The molecule has 17 heavy (non-hydrogen) atoms. The smallest absolute Gasteiger partial charge is 0.286 e. The second kappa shape index (κ2) is 5.15. The molecule has 3 N–H and O–H groups in total. The molecule has 0 saturated carbocycles. The van der Waals surface area contributed by atoms with Gasteiger partial charge in [0.1, 0.15) is 0 Å². The third kappa shape index (κ3) is 2.74. The zero-order valence-corrected chi connectivity index (χ0v) is 9.97. The number of para-hydroxylation sites is 1. The average molecular weight is 248 g/mol. The van der Waals surface area contributed by atoms with Crippen molar-refractivity contribution in [3.63, 3.8) is 0 Å². The molecule has 0 saturated heterocycles. The van der Waals surface area contributed by atoms with E-state index in [1.807, 2.05) is 29.5 Å². The third-order valence-electron chi connectivity index (χ3n) is 2.32. The number of rotatable bonds is 4. The van der Waals surface area contributed by atoms with Crippen molar-refractivity contribution < 1.29 is 9.77 Å². The quantitative estimate of drug-likeness (QED) is 0.575. The maximum Gasteiger partial charge on any atom is 0.286 e. The second-order valence-corrected chi connectivity index (χ2v) is 5.68.